The van der Waals surface area contributed by atoms with E-state index in [1.807, 2.05) is 32.9 Å². The highest BCUT2D eigenvalue weighted by Crippen LogP contribution is 2.24. The topological polar surface area (TPSA) is 96.9 Å². The molecule has 9 heteroatoms. The van der Waals surface area contributed by atoms with Crippen LogP contribution in [-0.2, 0) is 0 Å². The third kappa shape index (κ3) is 4.13. The standard InChI is InChI=1S/C18H22N6O2S/c1-5-9-24(18(25)13-7-6-8-14(10-13)26-4)11(2)15-20-16(22-21-15)17-19-12(3)23-27-17/h6-8,10-11H,5,9H2,1-4H3,(H,20,21,22)/t11-/m1/s1. The summed E-state index contributed by atoms with van der Waals surface area (Å²) < 4.78 is 9.39. The van der Waals surface area contributed by atoms with Crippen LogP contribution >= 0.6 is 11.5 Å². The number of H-pyrrole nitrogens is 1. The molecule has 0 aliphatic rings. The smallest absolute Gasteiger partial charge is 0.254 e. The van der Waals surface area contributed by atoms with Crippen molar-refractivity contribution >= 4 is 17.4 Å². The molecule has 0 aliphatic carbocycles. The van der Waals surface area contributed by atoms with Gasteiger partial charge in [-0.25, -0.2) is 9.97 Å². The number of rotatable bonds is 7. The van der Waals surface area contributed by atoms with Crippen molar-refractivity contribution in [3.05, 3.63) is 41.5 Å². The highest BCUT2D eigenvalue weighted by molar-refractivity contribution is 7.09. The lowest BCUT2D eigenvalue weighted by atomic mass is 10.1. The van der Waals surface area contributed by atoms with Crippen LogP contribution in [0, 0.1) is 6.92 Å². The van der Waals surface area contributed by atoms with Crippen LogP contribution in [0.4, 0.5) is 0 Å². The summed E-state index contributed by atoms with van der Waals surface area (Å²) in [4.78, 5) is 23.7. The first kappa shape index (κ1) is 19.0. The van der Waals surface area contributed by atoms with E-state index in [0.29, 0.717) is 40.3 Å². The van der Waals surface area contributed by atoms with E-state index >= 15 is 0 Å². The third-order valence-electron chi connectivity index (χ3n) is 4.13. The zero-order chi connectivity index (χ0) is 19.4. The van der Waals surface area contributed by atoms with Gasteiger partial charge in [0.2, 0.25) is 5.82 Å². The van der Waals surface area contributed by atoms with Crippen LogP contribution in [0.25, 0.3) is 10.8 Å². The molecule has 1 aromatic carbocycles. The number of carbonyl (C=O) groups excluding carboxylic acids is 1. The van der Waals surface area contributed by atoms with Gasteiger partial charge in [0, 0.05) is 12.1 Å². The van der Waals surface area contributed by atoms with Gasteiger partial charge in [0.15, 0.2) is 5.01 Å². The summed E-state index contributed by atoms with van der Waals surface area (Å²) in [6.45, 7) is 6.40. The lowest BCUT2D eigenvalue weighted by Gasteiger charge is -2.27. The van der Waals surface area contributed by atoms with E-state index < -0.39 is 0 Å². The summed E-state index contributed by atoms with van der Waals surface area (Å²) in [5.74, 6) is 2.37. The van der Waals surface area contributed by atoms with Gasteiger partial charge in [-0.05, 0) is 50.0 Å². The van der Waals surface area contributed by atoms with Gasteiger partial charge in [-0.15, -0.1) is 0 Å². The molecule has 1 amide bonds. The predicted octanol–water partition coefficient (Wildman–Crippen LogP) is 3.25. The second-order valence-electron chi connectivity index (χ2n) is 6.10. The van der Waals surface area contributed by atoms with Gasteiger partial charge in [0.1, 0.15) is 17.4 Å². The molecule has 0 aliphatic heterocycles. The summed E-state index contributed by atoms with van der Waals surface area (Å²) >= 11 is 1.25. The van der Waals surface area contributed by atoms with Gasteiger partial charge in [-0.1, -0.05) is 13.0 Å². The first-order chi connectivity index (χ1) is 13.0. The number of aryl methyl sites for hydroxylation is 1. The largest absolute Gasteiger partial charge is 0.497 e. The predicted molar refractivity (Wildman–Crippen MR) is 103 cm³/mol. The second kappa shape index (κ2) is 8.26. The maximum atomic E-state index is 13.1. The highest BCUT2D eigenvalue weighted by atomic mass is 32.1. The minimum atomic E-state index is -0.265. The van der Waals surface area contributed by atoms with Gasteiger partial charge < -0.3 is 9.64 Å². The summed E-state index contributed by atoms with van der Waals surface area (Å²) in [5, 5.41) is 7.83. The van der Waals surface area contributed by atoms with E-state index in [-0.39, 0.29) is 11.9 Å². The van der Waals surface area contributed by atoms with Crippen molar-refractivity contribution in [3.63, 3.8) is 0 Å². The number of benzene rings is 1. The molecule has 0 fully saturated rings. The third-order valence-corrected chi connectivity index (χ3v) is 4.93. The number of carbonyl (C=O) groups is 1. The van der Waals surface area contributed by atoms with E-state index in [0.717, 1.165) is 6.42 Å². The van der Waals surface area contributed by atoms with Crippen molar-refractivity contribution in [3.8, 4) is 16.6 Å². The van der Waals surface area contributed by atoms with Crippen LogP contribution < -0.4 is 4.74 Å². The normalized spacial score (nSPS) is 12.0. The average Bonchev–Trinajstić information content (AvgIpc) is 3.34. The summed E-state index contributed by atoms with van der Waals surface area (Å²) in [5.41, 5.74) is 0.578. The number of nitrogens with zero attached hydrogens (tertiary/aromatic N) is 5. The minimum absolute atomic E-state index is 0.0760. The number of hydrogen-bond donors (Lipinski definition) is 1. The second-order valence-corrected chi connectivity index (χ2v) is 6.85. The number of amides is 1. The highest BCUT2D eigenvalue weighted by Gasteiger charge is 2.25. The van der Waals surface area contributed by atoms with Crippen LogP contribution in [0.2, 0.25) is 0 Å². The number of hydrogen-bond acceptors (Lipinski definition) is 7. The molecular weight excluding hydrogens is 364 g/mol. The average molecular weight is 386 g/mol. The number of methoxy groups -OCH3 is 1. The van der Waals surface area contributed by atoms with Crippen molar-refractivity contribution in [2.75, 3.05) is 13.7 Å². The fourth-order valence-electron chi connectivity index (χ4n) is 2.73. The fourth-order valence-corrected chi connectivity index (χ4v) is 3.33. The maximum absolute atomic E-state index is 13.1. The van der Waals surface area contributed by atoms with Gasteiger partial charge >= 0.3 is 0 Å². The molecule has 0 spiro atoms. The summed E-state index contributed by atoms with van der Waals surface area (Å²) in [6.07, 6.45) is 0.830. The van der Waals surface area contributed by atoms with Crippen molar-refractivity contribution < 1.29 is 9.53 Å². The van der Waals surface area contributed by atoms with Gasteiger partial charge in [-0.3, -0.25) is 9.89 Å². The molecule has 3 aromatic rings. The summed E-state index contributed by atoms with van der Waals surface area (Å²) in [7, 11) is 1.58. The van der Waals surface area contributed by atoms with Crippen LogP contribution in [-0.4, -0.2) is 49.0 Å². The van der Waals surface area contributed by atoms with E-state index in [1.165, 1.54) is 11.5 Å². The van der Waals surface area contributed by atoms with Gasteiger partial charge in [-0.2, -0.15) is 9.47 Å². The van der Waals surface area contributed by atoms with Crippen LogP contribution in [0.15, 0.2) is 24.3 Å². The zero-order valence-corrected chi connectivity index (χ0v) is 16.6. The molecule has 0 radical (unpaired) electrons. The Morgan fingerprint density at radius 1 is 1.37 bits per heavy atom. The molecular formula is C18H22N6O2S. The van der Waals surface area contributed by atoms with E-state index in [9.17, 15) is 4.79 Å². The molecule has 27 heavy (non-hydrogen) atoms. The Hall–Kier alpha value is -2.81. The Balaban J connectivity index is 1.85. The van der Waals surface area contributed by atoms with Gasteiger partial charge in [0.25, 0.3) is 5.91 Å². The van der Waals surface area contributed by atoms with Crippen molar-refractivity contribution in [1.29, 1.82) is 0 Å². The number of ether oxygens (including phenoxy) is 1. The Bertz CT molecular complexity index is 922. The molecule has 1 N–H and O–H groups in total. The lowest BCUT2D eigenvalue weighted by Crippen LogP contribution is -2.34. The fraction of sp³-hybridized carbons (Fsp3) is 0.389. The quantitative estimate of drug-likeness (QED) is 0.669. The molecule has 142 valence electrons. The molecule has 0 saturated carbocycles. The lowest BCUT2D eigenvalue weighted by molar-refractivity contribution is 0.0683. The number of aromatic amines is 1. The molecule has 2 aromatic heterocycles. The zero-order valence-electron chi connectivity index (χ0n) is 15.8. The molecule has 1 atom stereocenters. The number of aromatic nitrogens is 5. The molecule has 0 unspecified atom stereocenters. The SMILES string of the molecule is CCCN(C(=O)c1cccc(OC)c1)[C@H](C)c1nc(-c2nc(C)ns2)n[nH]1. The van der Waals surface area contributed by atoms with E-state index in [2.05, 4.69) is 24.5 Å². The molecule has 3 rings (SSSR count). The van der Waals surface area contributed by atoms with Crippen molar-refractivity contribution in [2.24, 2.45) is 0 Å². The molecule has 0 bridgehead atoms. The summed E-state index contributed by atoms with van der Waals surface area (Å²) in [6, 6.07) is 6.89. The van der Waals surface area contributed by atoms with Crippen molar-refractivity contribution in [2.45, 2.75) is 33.2 Å². The monoisotopic (exact) mass is 386 g/mol. The van der Waals surface area contributed by atoms with E-state index in [4.69, 9.17) is 4.74 Å². The van der Waals surface area contributed by atoms with Crippen LogP contribution in [0.3, 0.4) is 0 Å². The Morgan fingerprint density at radius 2 is 2.19 bits per heavy atom. The minimum Gasteiger partial charge on any atom is -0.497 e. The first-order valence-corrected chi connectivity index (χ1v) is 9.48. The molecule has 0 saturated heterocycles. The maximum Gasteiger partial charge on any atom is 0.254 e. The van der Waals surface area contributed by atoms with E-state index in [1.54, 1.807) is 24.1 Å². The number of nitrogens with one attached hydrogen (secondary N) is 1. The molecule has 8 nitrogen and oxygen atoms in total. The van der Waals surface area contributed by atoms with Crippen molar-refractivity contribution in [1.82, 2.24) is 29.4 Å². The van der Waals surface area contributed by atoms with Crippen LogP contribution in [0.5, 0.6) is 5.75 Å². The van der Waals surface area contributed by atoms with Gasteiger partial charge in [0.05, 0.1) is 13.2 Å². The Kier molecular flexibility index (Phi) is 5.80. The molecule has 2 heterocycles. The Morgan fingerprint density at radius 3 is 2.85 bits per heavy atom. The Labute approximate surface area is 161 Å². The first-order valence-electron chi connectivity index (χ1n) is 8.71. The van der Waals surface area contributed by atoms with Crippen LogP contribution in [0.1, 0.15) is 48.3 Å².